The lowest BCUT2D eigenvalue weighted by atomic mass is 10.2. The number of carbonyl (C=O) groups is 2. The first-order valence-corrected chi connectivity index (χ1v) is 7.77. The molecule has 2 aromatic carbocycles. The third-order valence-corrected chi connectivity index (χ3v) is 3.69. The van der Waals surface area contributed by atoms with Gasteiger partial charge in [-0.25, -0.2) is 4.79 Å². The minimum Gasteiger partial charge on any atom is -0.449 e. The van der Waals surface area contributed by atoms with Crippen LogP contribution < -0.4 is 5.32 Å². The van der Waals surface area contributed by atoms with Crippen LogP contribution in [-0.4, -0.2) is 27.8 Å². The molecule has 0 aliphatic carbocycles. The molecule has 0 aromatic heterocycles. The molecule has 1 N–H and O–H groups in total. The van der Waals surface area contributed by atoms with E-state index in [1.165, 1.54) is 31.2 Å². The second-order valence-corrected chi connectivity index (χ2v) is 5.67. The van der Waals surface area contributed by atoms with Gasteiger partial charge in [-0.1, -0.05) is 17.7 Å². The molecular weight excluding hydrogens is 382 g/mol. The second kappa shape index (κ2) is 8.23. The minimum absolute atomic E-state index is 0.0723. The summed E-state index contributed by atoms with van der Waals surface area (Å²) in [6, 6.07) is 8.44. The molecule has 2 aromatic rings. The average Bonchev–Trinajstić information content (AvgIpc) is 2.61. The molecule has 0 radical (unpaired) electrons. The number of benzene rings is 2. The number of nitro benzene ring substituents is 2. The summed E-state index contributed by atoms with van der Waals surface area (Å²) in [7, 11) is 0. The van der Waals surface area contributed by atoms with E-state index in [4.69, 9.17) is 16.3 Å². The Morgan fingerprint density at radius 3 is 2.33 bits per heavy atom. The van der Waals surface area contributed by atoms with E-state index < -0.39 is 27.8 Å². The molecule has 0 aliphatic rings. The van der Waals surface area contributed by atoms with Crippen molar-refractivity contribution in [3.63, 3.8) is 0 Å². The molecule has 0 saturated carbocycles. The fourth-order valence-corrected chi connectivity index (χ4v) is 2.20. The highest BCUT2D eigenvalue weighted by Crippen LogP contribution is 2.23. The van der Waals surface area contributed by atoms with Gasteiger partial charge in [0.05, 0.1) is 20.4 Å². The van der Waals surface area contributed by atoms with Gasteiger partial charge in [-0.3, -0.25) is 25.0 Å². The Balaban J connectivity index is 2.09. The molecule has 0 aliphatic heterocycles. The standard InChI is InChI=1S/C16H12ClN3O7/c1-9(15(21)18-10-3-2-4-11(7-10)19(23)24)27-16(22)13-8-12(20(25)26)5-6-14(13)17/h2-9H,1H3,(H,18,21)/t9-/m1/s1. The van der Waals surface area contributed by atoms with Crippen molar-refractivity contribution < 1.29 is 24.2 Å². The lowest BCUT2D eigenvalue weighted by molar-refractivity contribution is -0.385. The average molecular weight is 394 g/mol. The summed E-state index contributed by atoms with van der Waals surface area (Å²) in [5.74, 6) is -1.77. The molecule has 2 rings (SSSR count). The van der Waals surface area contributed by atoms with Crippen LogP contribution in [0.5, 0.6) is 0 Å². The number of hydrogen-bond acceptors (Lipinski definition) is 7. The number of nitrogens with zero attached hydrogens (tertiary/aromatic N) is 2. The largest absolute Gasteiger partial charge is 0.449 e. The summed E-state index contributed by atoms with van der Waals surface area (Å²) < 4.78 is 4.97. The van der Waals surface area contributed by atoms with Crippen LogP contribution in [0.4, 0.5) is 17.1 Å². The molecule has 0 fully saturated rings. The van der Waals surface area contributed by atoms with Crippen molar-refractivity contribution in [1.29, 1.82) is 0 Å². The first-order chi connectivity index (χ1) is 12.7. The van der Waals surface area contributed by atoms with Gasteiger partial charge >= 0.3 is 5.97 Å². The molecule has 0 bridgehead atoms. The predicted octanol–water partition coefficient (Wildman–Crippen LogP) is 3.34. The van der Waals surface area contributed by atoms with Crippen LogP contribution in [0, 0.1) is 20.2 Å². The number of esters is 1. The topological polar surface area (TPSA) is 142 Å². The molecule has 1 amide bonds. The molecule has 10 nitrogen and oxygen atoms in total. The number of carbonyl (C=O) groups excluding carboxylic acids is 2. The molecule has 27 heavy (non-hydrogen) atoms. The number of hydrogen-bond donors (Lipinski definition) is 1. The van der Waals surface area contributed by atoms with E-state index in [0.717, 1.165) is 18.2 Å². The van der Waals surface area contributed by atoms with Crippen LogP contribution in [0.2, 0.25) is 5.02 Å². The van der Waals surface area contributed by atoms with E-state index in [-0.39, 0.29) is 27.6 Å². The molecule has 0 spiro atoms. The molecule has 0 saturated heterocycles. The predicted molar refractivity (Wildman–Crippen MR) is 94.7 cm³/mol. The van der Waals surface area contributed by atoms with Crippen molar-refractivity contribution >= 4 is 40.5 Å². The fraction of sp³-hybridized carbons (Fsp3) is 0.125. The maximum atomic E-state index is 12.2. The van der Waals surface area contributed by atoms with Crippen LogP contribution in [0.1, 0.15) is 17.3 Å². The van der Waals surface area contributed by atoms with Gasteiger partial charge in [0.15, 0.2) is 6.10 Å². The smallest absolute Gasteiger partial charge is 0.340 e. The zero-order chi connectivity index (χ0) is 20.1. The van der Waals surface area contributed by atoms with E-state index in [9.17, 15) is 29.8 Å². The minimum atomic E-state index is -1.29. The number of non-ortho nitro benzene ring substituents is 2. The summed E-state index contributed by atoms with van der Waals surface area (Å²) >= 11 is 5.85. The maximum absolute atomic E-state index is 12.2. The lowest BCUT2D eigenvalue weighted by Crippen LogP contribution is -2.30. The fourth-order valence-electron chi connectivity index (χ4n) is 2.00. The van der Waals surface area contributed by atoms with Crippen LogP contribution in [0.15, 0.2) is 42.5 Å². The highest BCUT2D eigenvalue weighted by Gasteiger charge is 2.23. The van der Waals surface area contributed by atoms with Crippen molar-refractivity contribution in [2.24, 2.45) is 0 Å². The first-order valence-electron chi connectivity index (χ1n) is 7.39. The van der Waals surface area contributed by atoms with Crippen LogP contribution in [-0.2, 0) is 9.53 Å². The Labute approximate surface area is 157 Å². The van der Waals surface area contributed by atoms with Gasteiger partial charge in [0, 0.05) is 30.0 Å². The van der Waals surface area contributed by atoms with Crippen LogP contribution in [0.25, 0.3) is 0 Å². The van der Waals surface area contributed by atoms with Crippen molar-refractivity contribution in [1.82, 2.24) is 0 Å². The van der Waals surface area contributed by atoms with E-state index in [1.807, 2.05) is 0 Å². The number of halogens is 1. The monoisotopic (exact) mass is 393 g/mol. The third-order valence-electron chi connectivity index (χ3n) is 3.36. The van der Waals surface area contributed by atoms with Gasteiger partial charge in [-0.05, 0) is 19.1 Å². The molecule has 0 unspecified atom stereocenters. The molecule has 140 valence electrons. The van der Waals surface area contributed by atoms with Gasteiger partial charge in [-0.15, -0.1) is 0 Å². The van der Waals surface area contributed by atoms with Gasteiger partial charge in [0.2, 0.25) is 0 Å². The number of rotatable bonds is 6. The molecule has 11 heteroatoms. The Morgan fingerprint density at radius 2 is 1.70 bits per heavy atom. The summed E-state index contributed by atoms with van der Waals surface area (Å²) in [5.41, 5.74) is -0.702. The molecule has 1 atom stereocenters. The van der Waals surface area contributed by atoms with E-state index in [2.05, 4.69) is 5.32 Å². The Kier molecular flexibility index (Phi) is 6.03. The number of anilines is 1. The summed E-state index contributed by atoms with van der Waals surface area (Å²) in [6.45, 7) is 1.27. The number of amides is 1. The van der Waals surface area contributed by atoms with Gasteiger partial charge in [-0.2, -0.15) is 0 Å². The van der Waals surface area contributed by atoms with E-state index >= 15 is 0 Å². The zero-order valence-electron chi connectivity index (χ0n) is 13.7. The SMILES string of the molecule is C[C@@H](OC(=O)c1cc([N+](=O)[O-])ccc1Cl)C(=O)Nc1cccc([N+](=O)[O-])c1. The molecular formula is C16H12ClN3O7. The summed E-state index contributed by atoms with van der Waals surface area (Å²) in [5, 5.41) is 23.8. The number of ether oxygens (including phenoxy) is 1. The van der Waals surface area contributed by atoms with Crippen molar-refractivity contribution in [2.75, 3.05) is 5.32 Å². The van der Waals surface area contributed by atoms with Gasteiger partial charge < -0.3 is 10.1 Å². The van der Waals surface area contributed by atoms with Gasteiger partial charge in [0.1, 0.15) is 0 Å². The zero-order valence-corrected chi connectivity index (χ0v) is 14.5. The normalized spacial score (nSPS) is 11.3. The second-order valence-electron chi connectivity index (χ2n) is 5.27. The van der Waals surface area contributed by atoms with Crippen molar-refractivity contribution in [2.45, 2.75) is 13.0 Å². The van der Waals surface area contributed by atoms with Crippen molar-refractivity contribution in [3.8, 4) is 0 Å². The Morgan fingerprint density at radius 1 is 1.07 bits per heavy atom. The van der Waals surface area contributed by atoms with Crippen molar-refractivity contribution in [3.05, 3.63) is 73.3 Å². The molecule has 0 heterocycles. The van der Waals surface area contributed by atoms with Gasteiger partial charge in [0.25, 0.3) is 17.3 Å². The van der Waals surface area contributed by atoms with E-state index in [0.29, 0.717) is 0 Å². The third kappa shape index (κ3) is 4.98. The summed E-state index contributed by atoms with van der Waals surface area (Å²) in [6.07, 6.45) is -1.29. The van der Waals surface area contributed by atoms with E-state index in [1.54, 1.807) is 0 Å². The highest BCUT2D eigenvalue weighted by molar-refractivity contribution is 6.33. The lowest BCUT2D eigenvalue weighted by Gasteiger charge is -2.14. The Bertz CT molecular complexity index is 932. The van der Waals surface area contributed by atoms with Crippen LogP contribution >= 0.6 is 11.6 Å². The number of nitro groups is 2. The highest BCUT2D eigenvalue weighted by atomic mass is 35.5. The van der Waals surface area contributed by atoms with Crippen LogP contribution in [0.3, 0.4) is 0 Å². The number of nitrogens with one attached hydrogen (secondary N) is 1. The summed E-state index contributed by atoms with van der Waals surface area (Å²) in [4.78, 5) is 44.5. The Hall–Kier alpha value is -3.53. The quantitative estimate of drug-likeness (QED) is 0.450. The first kappa shape index (κ1) is 19.8. The maximum Gasteiger partial charge on any atom is 0.340 e.